The van der Waals surface area contributed by atoms with Crippen LogP contribution in [0.15, 0.2) is 52.0 Å². The van der Waals surface area contributed by atoms with Gasteiger partial charge in [-0.25, -0.2) is 8.42 Å². The Kier molecular flexibility index (Phi) is 4.57. The van der Waals surface area contributed by atoms with Crippen LogP contribution in [0.1, 0.15) is 29.0 Å². The summed E-state index contributed by atoms with van der Waals surface area (Å²) in [5, 5.41) is 0. The molecule has 1 amide bonds. The molecule has 0 aliphatic carbocycles. The van der Waals surface area contributed by atoms with Crippen LogP contribution in [0.4, 0.5) is 0 Å². The fourth-order valence-electron chi connectivity index (χ4n) is 3.78. The summed E-state index contributed by atoms with van der Waals surface area (Å²) in [6, 6.07) is 10.2. The molecule has 0 radical (unpaired) electrons. The SMILES string of the molecule is Cc1ccc(S(=O)(=O)N2CCOC23CCN(C(=O)c2ccco2)CC3)cc1. The first-order valence-electron chi connectivity index (χ1n) is 8.99. The fourth-order valence-corrected chi connectivity index (χ4v) is 5.50. The van der Waals surface area contributed by atoms with Crippen molar-refractivity contribution in [3.8, 4) is 0 Å². The molecule has 2 aromatic rings. The lowest BCUT2D eigenvalue weighted by Crippen LogP contribution is -2.55. The smallest absolute Gasteiger partial charge is 0.289 e. The van der Waals surface area contributed by atoms with E-state index < -0.39 is 15.7 Å². The van der Waals surface area contributed by atoms with Crippen LogP contribution < -0.4 is 0 Å². The van der Waals surface area contributed by atoms with E-state index in [0.717, 1.165) is 5.56 Å². The quantitative estimate of drug-likeness (QED) is 0.803. The summed E-state index contributed by atoms with van der Waals surface area (Å²) in [6.07, 6.45) is 2.34. The second-order valence-electron chi connectivity index (χ2n) is 6.95. The number of carbonyl (C=O) groups excluding carboxylic acids is 1. The maximum absolute atomic E-state index is 13.2. The largest absolute Gasteiger partial charge is 0.459 e. The number of benzene rings is 1. The zero-order valence-electron chi connectivity index (χ0n) is 15.1. The molecule has 0 atom stereocenters. The van der Waals surface area contributed by atoms with Gasteiger partial charge in [0.15, 0.2) is 5.76 Å². The number of nitrogens with zero attached hydrogens (tertiary/aromatic N) is 2. The van der Waals surface area contributed by atoms with Gasteiger partial charge in [0, 0.05) is 32.5 Å². The Hall–Kier alpha value is -2.16. The second-order valence-corrected chi connectivity index (χ2v) is 8.82. The summed E-state index contributed by atoms with van der Waals surface area (Å²) in [5.41, 5.74) is 0.120. The van der Waals surface area contributed by atoms with Crippen molar-refractivity contribution in [2.24, 2.45) is 0 Å². The third-order valence-corrected chi connectivity index (χ3v) is 7.26. The Balaban J connectivity index is 1.53. The van der Waals surface area contributed by atoms with Gasteiger partial charge in [-0.15, -0.1) is 0 Å². The van der Waals surface area contributed by atoms with Crippen molar-refractivity contribution < 1.29 is 22.4 Å². The molecule has 0 bridgehead atoms. The van der Waals surface area contributed by atoms with Gasteiger partial charge in [-0.05, 0) is 31.2 Å². The lowest BCUT2D eigenvalue weighted by atomic mass is 10.0. The van der Waals surface area contributed by atoms with E-state index in [1.54, 1.807) is 41.3 Å². The number of sulfonamides is 1. The Labute approximate surface area is 158 Å². The standard InChI is InChI=1S/C19H22N2O5S/c1-15-4-6-16(7-5-15)27(23,24)21-12-14-26-19(21)8-10-20(11-9-19)18(22)17-3-2-13-25-17/h2-7,13H,8-12,14H2,1H3. The average Bonchev–Trinajstić information content (AvgIpc) is 3.33. The maximum atomic E-state index is 13.2. The first-order chi connectivity index (χ1) is 12.9. The zero-order chi connectivity index (χ0) is 19.1. The number of rotatable bonds is 3. The van der Waals surface area contributed by atoms with Crippen LogP contribution in [-0.2, 0) is 14.8 Å². The molecule has 2 aliphatic rings. The fraction of sp³-hybridized carbons (Fsp3) is 0.421. The summed E-state index contributed by atoms with van der Waals surface area (Å²) in [4.78, 5) is 14.4. The summed E-state index contributed by atoms with van der Waals surface area (Å²) in [5.74, 6) is 0.114. The van der Waals surface area contributed by atoms with Crippen molar-refractivity contribution >= 4 is 15.9 Å². The van der Waals surface area contributed by atoms with Crippen molar-refractivity contribution in [1.82, 2.24) is 9.21 Å². The number of likely N-dealkylation sites (tertiary alicyclic amines) is 1. The molecule has 1 aromatic heterocycles. The van der Waals surface area contributed by atoms with E-state index in [9.17, 15) is 13.2 Å². The van der Waals surface area contributed by atoms with Gasteiger partial charge in [-0.2, -0.15) is 4.31 Å². The van der Waals surface area contributed by atoms with Crippen molar-refractivity contribution in [3.05, 3.63) is 54.0 Å². The van der Waals surface area contributed by atoms with Gasteiger partial charge in [0.2, 0.25) is 10.0 Å². The van der Waals surface area contributed by atoms with Gasteiger partial charge in [0.1, 0.15) is 5.72 Å². The van der Waals surface area contributed by atoms with Crippen LogP contribution in [0.25, 0.3) is 0 Å². The van der Waals surface area contributed by atoms with Crippen LogP contribution in [0.2, 0.25) is 0 Å². The van der Waals surface area contributed by atoms with Crippen LogP contribution in [0.5, 0.6) is 0 Å². The minimum absolute atomic E-state index is 0.180. The Bertz CT molecular complexity index is 914. The van der Waals surface area contributed by atoms with E-state index in [0.29, 0.717) is 44.8 Å². The van der Waals surface area contributed by atoms with Crippen molar-refractivity contribution in [2.45, 2.75) is 30.4 Å². The molecule has 144 valence electrons. The van der Waals surface area contributed by atoms with Crippen molar-refractivity contribution in [1.29, 1.82) is 0 Å². The monoisotopic (exact) mass is 390 g/mol. The molecule has 2 aliphatic heterocycles. The number of hydrogen-bond donors (Lipinski definition) is 0. The topological polar surface area (TPSA) is 80.1 Å². The number of ether oxygens (including phenoxy) is 1. The van der Waals surface area contributed by atoms with Gasteiger partial charge >= 0.3 is 0 Å². The first-order valence-corrected chi connectivity index (χ1v) is 10.4. The van der Waals surface area contributed by atoms with E-state index in [-0.39, 0.29) is 10.8 Å². The molecule has 8 heteroatoms. The predicted molar refractivity (Wildman–Crippen MR) is 97.6 cm³/mol. The number of carbonyl (C=O) groups is 1. The highest BCUT2D eigenvalue weighted by molar-refractivity contribution is 7.89. The first kappa shape index (κ1) is 18.2. The number of piperidine rings is 1. The minimum atomic E-state index is -3.66. The Morgan fingerprint density at radius 1 is 1.07 bits per heavy atom. The maximum Gasteiger partial charge on any atom is 0.289 e. The molecule has 2 fully saturated rings. The highest BCUT2D eigenvalue weighted by Crippen LogP contribution is 2.38. The predicted octanol–water partition coefficient (Wildman–Crippen LogP) is 2.24. The number of aryl methyl sites for hydroxylation is 1. The average molecular weight is 390 g/mol. The molecule has 0 saturated carbocycles. The van der Waals surface area contributed by atoms with E-state index in [4.69, 9.17) is 9.15 Å². The van der Waals surface area contributed by atoms with Crippen LogP contribution in [0, 0.1) is 6.92 Å². The van der Waals surface area contributed by atoms with Crippen LogP contribution in [-0.4, -0.2) is 55.5 Å². The normalized spacial score (nSPS) is 20.3. The Morgan fingerprint density at radius 3 is 2.41 bits per heavy atom. The summed E-state index contributed by atoms with van der Waals surface area (Å²) >= 11 is 0. The Morgan fingerprint density at radius 2 is 1.78 bits per heavy atom. The van der Waals surface area contributed by atoms with Gasteiger partial charge in [-0.1, -0.05) is 17.7 Å². The van der Waals surface area contributed by atoms with Gasteiger partial charge in [0.05, 0.1) is 17.8 Å². The van der Waals surface area contributed by atoms with Crippen LogP contribution >= 0.6 is 0 Å². The molecule has 1 spiro atoms. The van der Waals surface area contributed by atoms with Crippen molar-refractivity contribution in [3.63, 3.8) is 0 Å². The lowest BCUT2D eigenvalue weighted by Gasteiger charge is -2.42. The number of furan rings is 1. The van der Waals surface area contributed by atoms with E-state index in [1.165, 1.54) is 10.6 Å². The highest BCUT2D eigenvalue weighted by Gasteiger charge is 2.51. The highest BCUT2D eigenvalue weighted by atomic mass is 32.2. The van der Waals surface area contributed by atoms with E-state index >= 15 is 0 Å². The minimum Gasteiger partial charge on any atom is -0.459 e. The molecule has 2 saturated heterocycles. The zero-order valence-corrected chi connectivity index (χ0v) is 15.9. The van der Waals surface area contributed by atoms with E-state index in [2.05, 4.69) is 0 Å². The van der Waals surface area contributed by atoms with Gasteiger partial charge in [0.25, 0.3) is 5.91 Å². The molecule has 27 heavy (non-hydrogen) atoms. The molecule has 1 aromatic carbocycles. The molecule has 0 N–H and O–H groups in total. The molecule has 7 nitrogen and oxygen atoms in total. The lowest BCUT2D eigenvalue weighted by molar-refractivity contribution is -0.0859. The molecular weight excluding hydrogens is 368 g/mol. The molecule has 4 rings (SSSR count). The van der Waals surface area contributed by atoms with Crippen molar-refractivity contribution in [2.75, 3.05) is 26.2 Å². The molecule has 3 heterocycles. The summed E-state index contributed by atoms with van der Waals surface area (Å²) in [7, 11) is -3.66. The second kappa shape index (κ2) is 6.78. The molecular formula is C19H22N2O5S. The number of amides is 1. The number of hydrogen-bond acceptors (Lipinski definition) is 5. The van der Waals surface area contributed by atoms with Crippen LogP contribution in [0.3, 0.4) is 0 Å². The molecule has 0 unspecified atom stereocenters. The third kappa shape index (κ3) is 3.18. The summed E-state index contributed by atoms with van der Waals surface area (Å²) < 4.78 is 38.9. The van der Waals surface area contributed by atoms with Gasteiger partial charge in [-0.3, -0.25) is 4.79 Å². The third-order valence-electron chi connectivity index (χ3n) is 5.29. The summed E-state index contributed by atoms with van der Waals surface area (Å²) in [6.45, 7) is 3.43. The van der Waals surface area contributed by atoms with Gasteiger partial charge < -0.3 is 14.1 Å². The van der Waals surface area contributed by atoms with E-state index in [1.807, 2.05) is 6.92 Å².